The summed E-state index contributed by atoms with van der Waals surface area (Å²) >= 11 is 4.42. The minimum Gasteiger partial charge on any atom is -0.309 e. The first kappa shape index (κ1) is 19.5. The first-order valence-electron chi connectivity index (χ1n) is 9.23. The van der Waals surface area contributed by atoms with E-state index < -0.39 is 0 Å². The molecule has 7 nitrogen and oxygen atoms in total. The molecule has 0 radical (unpaired) electrons. The van der Waals surface area contributed by atoms with Crippen molar-refractivity contribution in [3.05, 3.63) is 32.1 Å². The minimum absolute atomic E-state index is 0.120. The van der Waals surface area contributed by atoms with Gasteiger partial charge in [-0.15, -0.1) is 33.3 Å². The Morgan fingerprint density at radius 3 is 2.89 bits per heavy atom. The second-order valence-corrected chi connectivity index (χ2v) is 10.2. The average Bonchev–Trinajstić information content (AvgIpc) is 3.21. The molecule has 0 aromatic carbocycles. The number of H-pyrrole nitrogens is 1. The van der Waals surface area contributed by atoms with Gasteiger partial charge in [-0.05, 0) is 24.8 Å². The van der Waals surface area contributed by atoms with Crippen molar-refractivity contribution >= 4 is 55.7 Å². The summed E-state index contributed by atoms with van der Waals surface area (Å²) in [6.45, 7) is 4.20. The van der Waals surface area contributed by atoms with Crippen LogP contribution in [0.1, 0.15) is 60.7 Å². The molecule has 0 saturated heterocycles. The normalized spacial score (nSPS) is 14.5. The Labute approximate surface area is 174 Å². The zero-order valence-corrected chi connectivity index (χ0v) is 18.1. The number of hydrogen-bond acceptors (Lipinski definition) is 8. The maximum absolute atomic E-state index is 12.3. The van der Waals surface area contributed by atoms with E-state index in [2.05, 4.69) is 39.3 Å². The number of amides is 1. The van der Waals surface area contributed by atoms with Gasteiger partial charge in [0, 0.05) is 10.8 Å². The van der Waals surface area contributed by atoms with Crippen LogP contribution >= 0.6 is 34.4 Å². The van der Waals surface area contributed by atoms with Crippen LogP contribution in [0.2, 0.25) is 0 Å². The molecule has 1 saturated carbocycles. The summed E-state index contributed by atoms with van der Waals surface area (Å²) in [6.07, 6.45) is 3.57. The largest absolute Gasteiger partial charge is 0.309 e. The van der Waals surface area contributed by atoms with Crippen molar-refractivity contribution in [2.75, 3.05) is 11.1 Å². The van der Waals surface area contributed by atoms with Gasteiger partial charge in [0.2, 0.25) is 11.0 Å². The van der Waals surface area contributed by atoms with Crippen LogP contribution in [0.5, 0.6) is 0 Å². The van der Waals surface area contributed by atoms with E-state index in [-0.39, 0.29) is 17.2 Å². The highest BCUT2D eigenvalue weighted by Crippen LogP contribution is 2.38. The second-order valence-electron chi connectivity index (χ2n) is 7.15. The molecular formula is C18H21N5O2S3. The Hall–Kier alpha value is -1.78. The molecule has 1 fully saturated rings. The van der Waals surface area contributed by atoms with Crippen molar-refractivity contribution in [3.63, 3.8) is 0 Å². The van der Waals surface area contributed by atoms with Crippen LogP contribution in [0.4, 0.5) is 5.13 Å². The number of carbonyl (C=O) groups excluding carboxylic acids is 1. The number of carbonyl (C=O) groups is 1. The molecule has 28 heavy (non-hydrogen) atoms. The summed E-state index contributed by atoms with van der Waals surface area (Å²) in [4.78, 5) is 33.7. The number of nitrogens with one attached hydrogen (secondary N) is 2. The third-order valence-electron chi connectivity index (χ3n) is 4.65. The SMILES string of the molecule is CC(C)c1cc2c(=O)[nH]c(CSCC(=O)Nc3nnc(C4CCC4)s3)nc2s1. The smallest absolute Gasteiger partial charge is 0.259 e. The summed E-state index contributed by atoms with van der Waals surface area (Å²) in [7, 11) is 0. The van der Waals surface area contributed by atoms with Gasteiger partial charge in [0.25, 0.3) is 5.56 Å². The van der Waals surface area contributed by atoms with Crippen molar-refractivity contribution in [2.45, 2.75) is 50.7 Å². The van der Waals surface area contributed by atoms with Gasteiger partial charge >= 0.3 is 0 Å². The third-order valence-corrected chi connectivity index (χ3v) is 7.93. The lowest BCUT2D eigenvalue weighted by molar-refractivity contribution is -0.113. The minimum atomic E-state index is -0.122. The molecule has 3 heterocycles. The molecule has 1 amide bonds. The van der Waals surface area contributed by atoms with E-state index in [9.17, 15) is 9.59 Å². The fourth-order valence-electron chi connectivity index (χ4n) is 2.85. The number of thiophene rings is 1. The third kappa shape index (κ3) is 4.28. The zero-order chi connectivity index (χ0) is 19.7. The Kier molecular flexibility index (Phi) is 5.79. The van der Waals surface area contributed by atoms with Gasteiger partial charge in [-0.25, -0.2) is 4.98 Å². The van der Waals surface area contributed by atoms with Gasteiger partial charge in [0.15, 0.2) is 0 Å². The fraction of sp³-hybridized carbons (Fsp3) is 0.500. The Balaban J connectivity index is 1.32. The van der Waals surface area contributed by atoms with Crippen molar-refractivity contribution in [1.29, 1.82) is 0 Å². The highest BCUT2D eigenvalue weighted by molar-refractivity contribution is 7.99. The zero-order valence-electron chi connectivity index (χ0n) is 15.7. The van der Waals surface area contributed by atoms with Gasteiger partial charge in [-0.3, -0.25) is 14.9 Å². The molecule has 0 bridgehead atoms. The summed E-state index contributed by atoms with van der Waals surface area (Å²) in [5, 5.41) is 13.2. The van der Waals surface area contributed by atoms with Gasteiger partial charge < -0.3 is 4.98 Å². The van der Waals surface area contributed by atoms with E-state index in [1.54, 1.807) is 11.3 Å². The predicted octanol–water partition coefficient (Wildman–Crippen LogP) is 4.10. The highest BCUT2D eigenvalue weighted by Gasteiger charge is 2.23. The second kappa shape index (κ2) is 8.30. The van der Waals surface area contributed by atoms with Crippen LogP contribution in [0, 0.1) is 0 Å². The standard InChI is InChI=1S/C18H21N5O2S3/c1-9(2)12-6-11-15(25)19-13(20-17(11)27-12)7-26-8-14(24)21-18-23-22-16(28-18)10-4-3-5-10/h6,9-10H,3-5,7-8H2,1-2H3,(H,19,20,25)(H,21,23,24). The Bertz CT molecular complexity index is 1050. The number of aromatic nitrogens is 4. The number of aromatic amines is 1. The number of anilines is 1. The number of fused-ring (bicyclic) bond motifs is 1. The molecule has 1 aliphatic rings. The predicted molar refractivity (Wildman–Crippen MR) is 116 cm³/mol. The molecule has 0 spiro atoms. The van der Waals surface area contributed by atoms with Gasteiger partial charge in [0.1, 0.15) is 15.7 Å². The Morgan fingerprint density at radius 1 is 1.36 bits per heavy atom. The van der Waals surface area contributed by atoms with Crippen molar-refractivity contribution < 1.29 is 4.79 Å². The van der Waals surface area contributed by atoms with E-state index in [4.69, 9.17) is 0 Å². The number of thioether (sulfide) groups is 1. The maximum atomic E-state index is 12.3. The van der Waals surface area contributed by atoms with E-state index in [0.717, 1.165) is 27.6 Å². The molecule has 3 aromatic rings. The number of rotatable bonds is 7. The molecule has 148 valence electrons. The van der Waals surface area contributed by atoms with Crippen molar-refractivity contribution in [3.8, 4) is 0 Å². The summed E-state index contributed by atoms with van der Waals surface area (Å²) in [6, 6.07) is 1.92. The van der Waals surface area contributed by atoms with Crippen LogP contribution in [0.15, 0.2) is 10.9 Å². The summed E-state index contributed by atoms with van der Waals surface area (Å²) in [5.41, 5.74) is -0.120. The van der Waals surface area contributed by atoms with E-state index in [0.29, 0.717) is 33.9 Å². The van der Waals surface area contributed by atoms with Crippen LogP contribution in [0.3, 0.4) is 0 Å². The number of hydrogen-bond donors (Lipinski definition) is 2. The van der Waals surface area contributed by atoms with Crippen molar-refractivity contribution in [2.24, 2.45) is 0 Å². The van der Waals surface area contributed by atoms with Crippen LogP contribution in [0.25, 0.3) is 10.2 Å². The van der Waals surface area contributed by atoms with Crippen LogP contribution in [-0.2, 0) is 10.5 Å². The lowest BCUT2D eigenvalue weighted by Gasteiger charge is -2.21. The summed E-state index contributed by atoms with van der Waals surface area (Å²) in [5.74, 6) is 2.09. The molecule has 4 rings (SSSR count). The lowest BCUT2D eigenvalue weighted by Crippen LogP contribution is -2.15. The molecule has 1 aliphatic carbocycles. The Morgan fingerprint density at radius 2 is 2.18 bits per heavy atom. The van der Waals surface area contributed by atoms with Crippen LogP contribution < -0.4 is 10.9 Å². The van der Waals surface area contributed by atoms with Gasteiger partial charge in [-0.1, -0.05) is 31.6 Å². The monoisotopic (exact) mass is 435 g/mol. The quantitative estimate of drug-likeness (QED) is 0.579. The molecule has 0 aliphatic heterocycles. The first-order valence-corrected chi connectivity index (χ1v) is 12.0. The fourth-order valence-corrected chi connectivity index (χ4v) is 5.52. The molecule has 3 aromatic heterocycles. The summed E-state index contributed by atoms with van der Waals surface area (Å²) < 4.78 is 0. The van der Waals surface area contributed by atoms with E-state index >= 15 is 0 Å². The lowest BCUT2D eigenvalue weighted by atomic mass is 9.86. The molecule has 0 unspecified atom stereocenters. The topological polar surface area (TPSA) is 101 Å². The average molecular weight is 436 g/mol. The molecule has 2 N–H and O–H groups in total. The molecule has 10 heteroatoms. The highest BCUT2D eigenvalue weighted by atomic mass is 32.2. The van der Waals surface area contributed by atoms with E-state index in [1.165, 1.54) is 29.5 Å². The van der Waals surface area contributed by atoms with Gasteiger partial charge in [0.05, 0.1) is 16.9 Å². The number of nitrogens with zero attached hydrogens (tertiary/aromatic N) is 3. The van der Waals surface area contributed by atoms with Gasteiger partial charge in [-0.2, -0.15) is 0 Å². The molecule has 0 atom stereocenters. The first-order chi connectivity index (χ1) is 13.5. The van der Waals surface area contributed by atoms with Crippen LogP contribution in [-0.4, -0.2) is 31.8 Å². The maximum Gasteiger partial charge on any atom is 0.259 e. The van der Waals surface area contributed by atoms with E-state index in [1.807, 2.05) is 6.07 Å². The molecular weight excluding hydrogens is 414 g/mol. The van der Waals surface area contributed by atoms with Crippen molar-refractivity contribution in [1.82, 2.24) is 20.2 Å².